The fourth-order valence-corrected chi connectivity index (χ4v) is 1.88. The van der Waals surface area contributed by atoms with Gasteiger partial charge in [-0.3, -0.25) is 9.36 Å². The van der Waals surface area contributed by atoms with E-state index in [0.717, 1.165) is 12.8 Å². The van der Waals surface area contributed by atoms with E-state index in [-0.39, 0.29) is 17.8 Å². The predicted octanol–water partition coefficient (Wildman–Crippen LogP) is 2.02. The summed E-state index contributed by atoms with van der Waals surface area (Å²) in [7, 11) is 1.68. The van der Waals surface area contributed by atoms with Crippen LogP contribution >= 0.6 is 0 Å². The van der Waals surface area contributed by atoms with Crippen LogP contribution in [0.4, 0.5) is 11.6 Å². The summed E-state index contributed by atoms with van der Waals surface area (Å²) in [6.45, 7) is 3.58. The molecule has 0 aromatic carbocycles. The third kappa shape index (κ3) is 4.22. The van der Waals surface area contributed by atoms with Crippen molar-refractivity contribution in [3.05, 3.63) is 16.4 Å². The molecule has 0 fully saturated rings. The first-order chi connectivity index (χ1) is 9.32. The molecule has 8 heteroatoms. The highest BCUT2D eigenvalue weighted by Crippen LogP contribution is 2.23. The number of nitrogens with one attached hydrogen (secondary N) is 1. The van der Waals surface area contributed by atoms with Crippen molar-refractivity contribution < 1.29 is 14.8 Å². The standard InChI is InChI=1S/C12H20N4O4/c1-8(12(17)18)5-4-6-9(2)14-11-10(16(19)20)13-7-15(11)3/h7-9,14H,4-6H2,1-3H3,(H,17,18). The van der Waals surface area contributed by atoms with Gasteiger partial charge in [0, 0.05) is 13.1 Å². The Balaban J connectivity index is 2.50. The Labute approximate surface area is 117 Å². The van der Waals surface area contributed by atoms with Crippen molar-refractivity contribution in [3.63, 3.8) is 0 Å². The highest BCUT2D eigenvalue weighted by atomic mass is 16.6. The van der Waals surface area contributed by atoms with Crippen LogP contribution in [0, 0.1) is 16.0 Å². The van der Waals surface area contributed by atoms with E-state index < -0.39 is 10.9 Å². The van der Waals surface area contributed by atoms with Gasteiger partial charge in [0.25, 0.3) is 0 Å². The Morgan fingerprint density at radius 2 is 2.20 bits per heavy atom. The molecular weight excluding hydrogens is 264 g/mol. The molecule has 0 saturated carbocycles. The zero-order valence-corrected chi connectivity index (χ0v) is 11.9. The van der Waals surface area contributed by atoms with Gasteiger partial charge in [-0.1, -0.05) is 13.3 Å². The molecule has 0 bridgehead atoms. The van der Waals surface area contributed by atoms with Gasteiger partial charge >= 0.3 is 11.8 Å². The van der Waals surface area contributed by atoms with Crippen LogP contribution in [0.2, 0.25) is 0 Å². The zero-order chi connectivity index (χ0) is 15.3. The molecule has 0 radical (unpaired) electrons. The molecular formula is C12H20N4O4. The maximum Gasteiger partial charge on any atom is 0.406 e. The van der Waals surface area contributed by atoms with Crippen LogP contribution in [0.5, 0.6) is 0 Å². The lowest BCUT2D eigenvalue weighted by atomic mass is 10.0. The van der Waals surface area contributed by atoms with Gasteiger partial charge < -0.3 is 20.5 Å². The third-order valence-electron chi connectivity index (χ3n) is 3.17. The number of anilines is 1. The van der Waals surface area contributed by atoms with E-state index in [1.807, 2.05) is 6.92 Å². The topological polar surface area (TPSA) is 110 Å². The van der Waals surface area contributed by atoms with Crippen molar-refractivity contribution >= 4 is 17.6 Å². The second kappa shape index (κ2) is 6.88. The number of aliphatic carboxylic acids is 1. The molecule has 2 unspecified atom stereocenters. The molecule has 2 N–H and O–H groups in total. The lowest BCUT2D eigenvalue weighted by molar-refractivity contribution is -0.388. The number of carboxylic acids is 1. The van der Waals surface area contributed by atoms with Crippen molar-refractivity contribution in [2.24, 2.45) is 13.0 Å². The van der Waals surface area contributed by atoms with E-state index in [1.54, 1.807) is 18.5 Å². The first-order valence-corrected chi connectivity index (χ1v) is 6.48. The second-order valence-corrected chi connectivity index (χ2v) is 5.00. The maximum atomic E-state index is 10.8. The van der Waals surface area contributed by atoms with E-state index in [1.165, 1.54) is 6.33 Å². The smallest absolute Gasteiger partial charge is 0.406 e. The third-order valence-corrected chi connectivity index (χ3v) is 3.17. The van der Waals surface area contributed by atoms with Gasteiger partial charge in [-0.25, -0.2) is 0 Å². The minimum atomic E-state index is -0.798. The highest BCUT2D eigenvalue weighted by Gasteiger charge is 2.21. The molecule has 0 spiro atoms. The maximum absolute atomic E-state index is 10.8. The van der Waals surface area contributed by atoms with Crippen molar-refractivity contribution in [1.82, 2.24) is 9.55 Å². The zero-order valence-electron chi connectivity index (χ0n) is 11.9. The van der Waals surface area contributed by atoms with Crippen LogP contribution in [0.15, 0.2) is 6.33 Å². The first kappa shape index (κ1) is 15.9. The highest BCUT2D eigenvalue weighted by molar-refractivity contribution is 5.69. The molecule has 1 aromatic heterocycles. The van der Waals surface area contributed by atoms with Gasteiger partial charge in [0.05, 0.1) is 5.92 Å². The van der Waals surface area contributed by atoms with E-state index >= 15 is 0 Å². The number of rotatable bonds is 8. The molecule has 112 valence electrons. The number of hydrogen-bond acceptors (Lipinski definition) is 5. The van der Waals surface area contributed by atoms with Gasteiger partial charge in [-0.2, -0.15) is 0 Å². The number of nitrogens with zero attached hydrogens (tertiary/aromatic N) is 3. The van der Waals surface area contributed by atoms with Gasteiger partial charge in [0.2, 0.25) is 12.1 Å². The van der Waals surface area contributed by atoms with Crippen LogP contribution in [-0.2, 0) is 11.8 Å². The fraction of sp³-hybridized carbons (Fsp3) is 0.667. The minimum absolute atomic E-state index is 0.00472. The summed E-state index contributed by atoms with van der Waals surface area (Å²) in [5.74, 6) is -0.992. The number of imidazole rings is 1. The summed E-state index contributed by atoms with van der Waals surface area (Å²) < 4.78 is 1.56. The Morgan fingerprint density at radius 3 is 2.75 bits per heavy atom. The van der Waals surface area contributed by atoms with Crippen LogP contribution in [-0.4, -0.2) is 31.6 Å². The largest absolute Gasteiger partial charge is 0.481 e. The Hall–Kier alpha value is -2.12. The van der Waals surface area contributed by atoms with Crippen LogP contribution < -0.4 is 5.32 Å². The Morgan fingerprint density at radius 1 is 1.55 bits per heavy atom. The average molecular weight is 284 g/mol. The van der Waals surface area contributed by atoms with Crippen LogP contribution in [0.1, 0.15) is 33.1 Å². The Kier molecular flexibility index (Phi) is 5.48. The van der Waals surface area contributed by atoms with Crippen molar-refractivity contribution in [2.45, 2.75) is 39.2 Å². The predicted molar refractivity (Wildman–Crippen MR) is 73.6 cm³/mol. The van der Waals surface area contributed by atoms with Gasteiger partial charge in [-0.05, 0) is 29.7 Å². The van der Waals surface area contributed by atoms with E-state index in [9.17, 15) is 14.9 Å². The van der Waals surface area contributed by atoms with Crippen molar-refractivity contribution in [1.29, 1.82) is 0 Å². The number of carboxylic acid groups (broad SMARTS) is 1. The molecule has 0 saturated heterocycles. The minimum Gasteiger partial charge on any atom is -0.481 e. The van der Waals surface area contributed by atoms with Gasteiger partial charge in [0.1, 0.15) is 0 Å². The fourth-order valence-electron chi connectivity index (χ4n) is 1.88. The summed E-state index contributed by atoms with van der Waals surface area (Å²) in [5.41, 5.74) is 0. The molecule has 1 heterocycles. The molecule has 2 atom stereocenters. The molecule has 0 aliphatic rings. The lowest BCUT2D eigenvalue weighted by Gasteiger charge is -2.15. The van der Waals surface area contributed by atoms with Crippen LogP contribution in [0.25, 0.3) is 0 Å². The van der Waals surface area contributed by atoms with Crippen molar-refractivity contribution in [3.8, 4) is 0 Å². The SMILES string of the molecule is CC(CCCC(C)C(=O)O)Nc1c([N+](=O)[O-])ncn1C. The van der Waals surface area contributed by atoms with E-state index in [2.05, 4.69) is 10.3 Å². The average Bonchev–Trinajstić information content (AvgIpc) is 2.70. The number of nitro groups is 1. The van der Waals surface area contributed by atoms with Gasteiger partial charge in [-0.15, -0.1) is 0 Å². The molecule has 1 rings (SSSR count). The number of aryl methyl sites for hydroxylation is 1. The monoisotopic (exact) mass is 284 g/mol. The quantitative estimate of drug-likeness (QED) is 0.558. The Bertz CT molecular complexity index is 486. The first-order valence-electron chi connectivity index (χ1n) is 6.48. The number of hydrogen-bond donors (Lipinski definition) is 2. The summed E-state index contributed by atoms with van der Waals surface area (Å²) in [6.07, 6.45) is 3.46. The van der Waals surface area contributed by atoms with Gasteiger partial charge in [0.15, 0.2) is 0 Å². The molecule has 0 amide bonds. The molecule has 0 aliphatic carbocycles. The van der Waals surface area contributed by atoms with E-state index in [4.69, 9.17) is 5.11 Å². The summed E-state index contributed by atoms with van der Waals surface area (Å²) in [4.78, 5) is 24.7. The summed E-state index contributed by atoms with van der Waals surface area (Å²) in [6, 6.07) is 0.00472. The molecule has 1 aromatic rings. The number of aromatic nitrogens is 2. The van der Waals surface area contributed by atoms with Crippen molar-refractivity contribution in [2.75, 3.05) is 5.32 Å². The summed E-state index contributed by atoms with van der Waals surface area (Å²) >= 11 is 0. The molecule has 8 nitrogen and oxygen atoms in total. The van der Waals surface area contributed by atoms with E-state index in [0.29, 0.717) is 12.2 Å². The van der Waals surface area contributed by atoms with Crippen LogP contribution in [0.3, 0.4) is 0 Å². The summed E-state index contributed by atoms with van der Waals surface area (Å²) in [5, 5.41) is 22.7. The second-order valence-electron chi connectivity index (χ2n) is 5.00. The number of carbonyl (C=O) groups is 1. The normalized spacial score (nSPS) is 13.8. The molecule has 0 aliphatic heterocycles. The molecule has 20 heavy (non-hydrogen) atoms. The lowest BCUT2D eigenvalue weighted by Crippen LogP contribution is -2.18.